The first-order chi connectivity index (χ1) is 8.35. The highest BCUT2D eigenvalue weighted by atomic mass is 16.6. The molecule has 0 aromatic heterocycles. The quantitative estimate of drug-likeness (QED) is 0.677. The second-order valence-electron chi connectivity index (χ2n) is 3.08. The molecule has 0 aromatic rings. The molecule has 0 heterocycles. The second-order valence-corrected chi connectivity index (χ2v) is 3.08. The van der Waals surface area contributed by atoms with Gasteiger partial charge in [-0.2, -0.15) is 0 Å². The van der Waals surface area contributed by atoms with Crippen LogP contribution in [0, 0.1) is 0 Å². The van der Waals surface area contributed by atoms with Gasteiger partial charge in [0.15, 0.2) is 0 Å². The lowest BCUT2D eigenvalue weighted by molar-refractivity contribution is -0.155. The molecule has 0 amide bonds. The van der Waals surface area contributed by atoms with Crippen LogP contribution < -0.4 is 0 Å². The third-order valence-corrected chi connectivity index (χ3v) is 0.988. The third kappa shape index (κ3) is 36.4. The van der Waals surface area contributed by atoms with E-state index in [0.717, 1.165) is 0 Å². The molecular weight excluding hydrogens is 244 g/mol. The SMILES string of the molecule is CC(=O)OCC(C)OC(C)=O.COC.OCCO. The second kappa shape index (κ2) is 18.2. The molecule has 0 aliphatic rings. The van der Waals surface area contributed by atoms with Gasteiger partial charge in [-0.15, -0.1) is 0 Å². The summed E-state index contributed by atoms with van der Waals surface area (Å²) in [6, 6.07) is 0. The van der Waals surface area contributed by atoms with Gasteiger partial charge < -0.3 is 24.4 Å². The first-order valence-electron chi connectivity index (χ1n) is 5.28. The van der Waals surface area contributed by atoms with Crippen molar-refractivity contribution in [2.75, 3.05) is 34.0 Å². The van der Waals surface area contributed by atoms with Crippen molar-refractivity contribution in [3.8, 4) is 0 Å². The smallest absolute Gasteiger partial charge is 0.303 e. The number of esters is 2. The lowest BCUT2D eigenvalue weighted by atomic mass is 10.4. The lowest BCUT2D eigenvalue weighted by Gasteiger charge is -2.10. The van der Waals surface area contributed by atoms with Crippen LogP contribution in [-0.4, -0.2) is 62.3 Å². The van der Waals surface area contributed by atoms with Gasteiger partial charge in [0.1, 0.15) is 12.7 Å². The predicted molar refractivity (Wildman–Crippen MR) is 65.0 cm³/mol. The van der Waals surface area contributed by atoms with Crippen molar-refractivity contribution >= 4 is 11.9 Å². The molecule has 0 saturated heterocycles. The third-order valence-electron chi connectivity index (χ3n) is 0.988. The van der Waals surface area contributed by atoms with Crippen LogP contribution in [0.5, 0.6) is 0 Å². The van der Waals surface area contributed by atoms with Gasteiger partial charge in [-0.05, 0) is 6.92 Å². The number of carbonyl (C=O) groups excluding carboxylic acids is 2. The molecular formula is C11H24O7. The summed E-state index contributed by atoms with van der Waals surface area (Å²) in [6.07, 6.45) is -0.364. The average Bonchev–Trinajstić information content (AvgIpc) is 2.27. The Morgan fingerprint density at radius 3 is 1.67 bits per heavy atom. The number of aliphatic hydroxyl groups is 2. The number of aliphatic hydroxyl groups excluding tert-OH is 2. The minimum atomic E-state index is -0.371. The Morgan fingerprint density at radius 1 is 1.06 bits per heavy atom. The number of carbonyl (C=O) groups is 2. The zero-order valence-electron chi connectivity index (χ0n) is 11.6. The van der Waals surface area contributed by atoms with Gasteiger partial charge in [-0.1, -0.05) is 0 Å². The topological polar surface area (TPSA) is 102 Å². The number of ether oxygens (including phenoxy) is 3. The van der Waals surface area contributed by atoms with Crippen molar-refractivity contribution in [2.24, 2.45) is 0 Å². The van der Waals surface area contributed by atoms with Gasteiger partial charge in [0.25, 0.3) is 0 Å². The standard InChI is InChI=1S/C7H12O4.C2H6O2.C2H6O/c1-5(11-7(3)9)4-10-6(2)8;3-1-2-4;1-3-2/h5H,4H2,1-3H3;3-4H,1-2H2;1-2H3. The van der Waals surface area contributed by atoms with Crippen LogP contribution in [0.25, 0.3) is 0 Å². The van der Waals surface area contributed by atoms with Crippen molar-refractivity contribution in [1.82, 2.24) is 0 Å². The van der Waals surface area contributed by atoms with E-state index in [1.54, 1.807) is 21.1 Å². The molecule has 0 saturated carbocycles. The molecule has 7 nitrogen and oxygen atoms in total. The number of methoxy groups -OCH3 is 1. The minimum absolute atomic E-state index is 0.120. The van der Waals surface area contributed by atoms with Crippen LogP contribution in [0.4, 0.5) is 0 Å². The van der Waals surface area contributed by atoms with Crippen molar-refractivity contribution in [1.29, 1.82) is 0 Å². The summed E-state index contributed by atoms with van der Waals surface area (Å²) >= 11 is 0. The summed E-state index contributed by atoms with van der Waals surface area (Å²) in [4.78, 5) is 20.6. The Labute approximate surface area is 108 Å². The molecule has 0 aromatic carbocycles. The molecule has 110 valence electrons. The molecule has 1 atom stereocenters. The molecule has 0 rings (SSSR count). The van der Waals surface area contributed by atoms with Crippen molar-refractivity contribution in [3.63, 3.8) is 0 Å². The Bertz CT molecular complexity index is 192. The van der Waals surface area contributed by atoms with Crippen LogP contribution in [0.1, 0.15) is 20.8 Å². The summed E-state index contributed by atoms with van der Waals surface area (Å²) in [7, 11) is 3.25. The fourth-order valence-corrected chi connectivity index (χ4v) is 0.552. The van der Waals surface area contributed by atoms with E-state index in [9.17, 15) is 9.59 Å². The van der Waals surface area contributed by atoms with Gasteiger partial charge in [-0.25, -0.2) is 0 Å². The largest absolute Gasteiger partial charge is 0.462 e. The van der Waals surface area contributed by atoms with Gasteiger partial charge >= 0.3 is 11.9 Å². The first kappa shape index (κ1) is 22.0. The van der Waals surface area contributed by atoms with E-state index in [1.165, 1.54) is 13.8 Å². The van der Waals surface area contributed by atoms with E-state index >= 15 is 0 Å². The zero-order valence-corrected chi connectivity index (χ0v) is 11.6. The van der Waals surface area contributed by atoms with E-state index in [4.69, 9.17) is 10.2 Å². The highest BCUT2D eigenvalue weighted by molar-refractivity contribution is 5.67. The van der Waals surface area contributed by atoms with E-state index in [2.05, 4.69) is 14.2 Å². The Hall–Kier alpha value is -1.18. The Morgan fingerprint density at radius 2 is 1.44 bits per heavy atom. The lowest BCUT2D eigenvalue weighted by Crippen LogP contribution is -2.19. The number of hydrogen-bond donors (Lipinski definition) is 2. The van der Waals surface area contributed by atoms with Gasteiger partial charge in [0.2, 0.25) is 0 Å². The van der Waals surface area contributed by atoms with Gasteiger partial charge in [0.05, 0.1) is 13.2 Å². The van der Waals surface area contributed by atoms with E-state index in [-0.39, 0.29) is 37.9 Å². The number of rotatable bonds is 4. The van der Waals surface area contributed by atoms with Gasteiger partial charge in [-0.3, -0.25) is 9.59 Å². The van der Waals surface area contributed by atoms with Crippen LogP contribution in [-0.2, 0) is 23.8 Å². The monoisotopic (exact) mass is 268 g/mol. The molecule has 18 heavy (non-hydrogen) atoms. The highest BCUT2D eigenvalue weighted by Gasteiger charge is 2.06. The summed E-state index contributed by atoms with van der Waals surface area (Å²) in [5, 5.41) is 15.2. The average molecular weight is 268 g/mol. The molecule has 1 unspecified atom stereocenters. The molecule has 0 aliphatic heterocycles. The summed E-state index contributed by atoms with van der Waals surface area (Å²) in [5.74, 6) is -0.742. The normalized spacial score (nSPS) is 9.94. The summed E-state index contributed by atoms with van der Waals surface area (Å²) in [5.41, 5.74) is 0. The fraction of sp³-hybridized carbons (Fsp3) is 0.818. The highest BCUT2D eigenvalue weighted by Crippen LogP contribution is 1.92. The van der Waals surface area contributed by atoms with Crippen molar-refractivity contribution in [2.45, 2.75) is 26.9 Å². The molecule has 0 spiro atoms. The van der Waals surface area contributed by atoms with Crippen LogP contribution in [0.3, 0.4) is 0 Å². The molecule has 2 N–H and O–H groups in total. The molecule has 0 radical (unpaired) electrons. The maximum absolute atomic E-state index is 10.3. The summed E-state index contributed by atoms with van der Waals surface area (Å²) < 4.78 is 13.5. The van der Waals surface area contributed by atoms with Crippen LogP contribution in [0.2, 0.25) is 0 Å². The van der Waals surface area contributed by atoms with Crippen LogP contribution >= 0.6 is 0 Å². The first-order valence-corrected chi connectivity index (χ1v) is 5.28. The van der Waals surface area contributed by atoms with E-state index in [1.807, 2.05) is 0 Å². The van der Waals surface area contributed by atoms with E-state index in [0.29, 0.717) is 0 Å². The minimum Gasteiger partial charge on any atom is -0.462 e. The Balaban J connectivity index is -0.000000266. The molecule has 0 aliphatic carbocycles. The van der Waals surface area contributed by atoms with Crippen LogP contribution in [0.15, 0.2) is 0 Å². The van der Waals surface area contributed by atoms with Gasteiger partial charge in [0, 0.05) is 28.1 Å². The summed E-state index contributed by atoms with van der Waals surface area (Å²) in [6.45, 7) is 4.14. The maximum atomic E-state index is 10.3. The zero-order chi connectivity index (χ0) is 15.0. The van der Waals surface area contributed by atoms with Crippen molar-refractivity contribution in [3.05, 3.63) is 0 Å². The van der Waals surface area contributed by atoms with Crippen molar-refractivity contribution < 1.29 is 34.0 Å². The molecule has 7 heteroatoms. The Kier molecular flexibility index (Phi) is 22.3. The molecule has 0 bridgehead atoms. The predicted octanol–water partition coefficient (Wildman–Crippen LogP) is -0.265. The molecule has 0 fully saturated rings. The fourth-order valence-electron chi connectivity index (χ4n) is 0.552. The number of hydrogen-bond acceptors (Lipinski definition) is 7. The van der Waals surface area contributed by atoms with E-state index < -0.39 is 0 Å². The maximum Gasteiger partial charge on any atom is 0.303 e.